The van der Waals surface area contributed by atoms with E-state index < -0.39 is 75.3 Å². The number of nitrogens with one attached hydrogen (secondary N) is 2. The van der Waals surface area contributed by atoms with Crippen LogP contribution in [-0.2, 0) is 85.6 Å². The predicted molar refractivity (Wildman–Crippen MR) is 277 cm³/mol. The van der Waals surface area contributed by atoms with Crippen molar-refractivity contribution in [2.24, 2.45) is 0 Å². The van der Waals surface area contributed by atoms with Crippen LogP contribution < -0.4 is 15.4 Å². The second kappa shape index (κ2) is 33.8. The van der Waals surface area contributed by atoms with E-state index in [2.05, 4.69) is 40.7 Å². The van der Waals surface area contributed by atoms with Crippen molar-refractivity contribution >= 4 is 61.2 Å². The van der Waals surface area contributed by atoms with Gasteiger partial charge in [-0.25, -0.2) is 22.5 Å². The molecule has 6 rings (SSSR count). The Kier molecular flexibility index (Phi) is 27.2. The van der Waals surface area contributed by atoms with Crippen LogP contribution in [0.15, 0.2) is 48.8 Å². The van der Waals surface area contributed by atoms with E-state index in [1.54, 1.807) is 23.0 Å². The lowest BCUT2D eigenvalue weighted by molar-refractivity contribution is -0.136. The maximum absolute atomic E-state index is 13.6. The highest BCUT2D eigenvalue weighted by Gasteiger charge is 2.39. The maximum Gasteiger partial charge on any atom is 0.340 e. The van der Waals surface area contributed by atoms with Crippen LogP contribution >= 0.6 is 26.8 Å². The number of hydrogen-bond donors (Lipinski definition) is 6. The highest BCUT2D eigenvalue weighted by molar-refractivity contribution is 7.70. The van der Waals surface area contributed by atoms with Crippen molar-refractivity contribution in [1.29, 1.82) is 0 Å². The Hall–Kier alpha value is -5.15. The summed E-state index contributed by atoms with van der Waals surface area (Å²) in [6, 6.07) is 7.94. The van der Waals surface area contributed by atoms with Crippen molar-refractivity contribution in [2.75, 3.05) is 122 Å². The molecule has 5 aromatic rings. The number of aliphatic hydroxyl groups is 1. The molecule has 6 N–H and O–H groups in total. The third kappa shape index (κ3) is 23.9. The van der Waals surface area contributed by atoms with Gasteiger partial charge in [0.2, 0.25) is 16.9 Å². The van der Waals surface area contributed by atoms with Crippen molar-refractivity contribution in [1.82, 2.24) is 34.7 Å². The van der Waals surface area contributed by atoms with E-state index in [0.29, 0.717) is 120 Å². The highest BCUT2D eigenvalue weighted by Crippen LogP contribution is 2.55. The van der Waals surface area contributed by atoms with E-state index in [4.69, 9.17) is 68.5 Å². The molecule has 4 heterocycles. The molecule has 1 amide bonds. The van der Waals surface area contributed by atoms with Gasteiger partial charge in [-0.1, -0.05) is 17.3 Å². The quantitative estimate of drug-likeness (QED) is 0.0107. The molecule has 34 heteroatoms. The number of ether oxygens (including phenoxy) is 10. The minimum Gasteiger partial charge on any atom is -0.420 e. The van der Waals surface area contributed by atoms with E-state index in [-0.39, 0.29) is 69.1 Å². The first-order valence-electron chi connectivity index (χ1n) is 25.2. The fourth-order valence-electron chi connectivity index (χ4n) is 7.25. The molecule has 0 saturated carbocycles. The second-order valence-electron chi connectivity index (χ2n) is 17.4. The van der Waals surface area contributed by atoms with Crippen LogP contribution in [-0.4, -0.2) is 190 Å². The smallest absolute Gasteiger partial charge is 0.340 e. The number of nitrogens with zero attached hydrogens (tertiary/aromatic N) is 7. The van der Waals surface area contributed by atoms with Gasteiger partial charge in [-0.15, -0.1) is 5.10 Å². The van der Waals surface area contributed by atoms with Gasteiger partial charge in [0.25, 0.3) is 0 Å². The van der Waals surface area contributed by atoms with Crippen LogP contribution in [0.1, 0.15) is 36.7 Å². The molecule has 28 nitrogen and oxygen atoms in total. The Labute approximate surface area is 466 Å². The van der Waals surface area contributed by atoms with Gasteiger partial charge < -0.3 is 82.3 Å². The molecule has 1 saturated heterocycles. The number of rotatable bonds is 40. The molecule has 448 valence electrons. The number of fused-ring (bicyclic) bond motifs is 1. The summed E-state index contributed by atoms with van der Waals surface area (Å²) in [5.41, 5.74) is 2.29. The largest absolute Gasteiger partial charge is 0.420 e. The standard InChI is InChI=1S/C47H63ClF3N9O19P2/c48-47-55-44(37-27-53-60(45(37)56-47)46-40(61)25-36(78-46)30-77-81(67,68)31-80(64,65)66)52-26-32-1-3-34(4-2-32)54-41(62)5-8-69-11-14-72-19-20-75-21-22-76-29-35-28-59(58-57-35)7-10-71-13-16-74-18-17-73-15-12-70-9-6-42(63)79-43-38(50)23-33(49)24-39(43)51/h1-4,23-24,27-28,36,40,46,61H,5-22,25-26,29-31H2,(H,54,62)(H,67,68)(H,52,55,56)(H2,64,65,66)/t36-,40+,46+/m0/s1. The zero-order valence-corrected chi connectivity index (χ0v) is 46.1. The third-order valence-corrected chi connectivity index (χ3v) is 14.6. The lowest BCUT2D eigenvalue weighted by atomic mass is 10.2. The monoisotopic (exact) mass is 1210 g/mol. The van der Waals surface area contributed by atoms with Gasteiger partial charge in [-0.3, -0.25) is 18.7 Å². The summed E-state index contributed by atoms with van der Waals surface area (Å²) in [5, 5.41) is 29.5. The Balaban J connectivity index is 0.702. The van der Waals surface area contributed by atoms with Crippen LogP contribution in [0, 0.1) is 17.5 Å². The van der Waals surface area contributed by atoms with Gasteiger partial charge in [0.05, 0.1) is 156 Å². The summed E-state index contributed by atoms with van der Waals surface area (Å²) in [6.07, 6.45) is -0.102. The minimum atomic E-state index is -4.82. The normalized spacial score (nSPS) is 16.3. The van der Waals surface area contributed by atoms with Gasteiger partial charge in [-0.05, 0) is 29.3 Å². The van der Waals surface area contributed by atoms with Crippen molar-refractivity contribution in [3.05, 3.63) is 82.8 Å². The number of aromatic nitrogens is 7. The fraction of sp³-hybridized carbons (Fsp3) is 0.553. The number of carbonyl (C=O) groups is 2. The number of carbonyl (C=O) groups excluding carboxylic acids is 2. The molecule has 0 bridgehead atoms. The van der Waals surface area contributed by atoms with Gasteiger partial charge in [0.1, 0.15) is 23.4 Å². The van der Waals surface area contributed by atoms with Gasteiger partial charge in [-0.2, -0.15) is 15.1 Å². The Morgan fingerprint density at radius 2 is 1.36 bits per heavy atom. The molecule has 3 aromatic heterocycles. The lowest BCUT2D eigenvalue weighted by Crippen LogP contribution is -2.21. The molecular weight excluding hydrogens is 1150 g/mol. The van der Waals surface area contributed by atoms with E-state index in [0.717, 1.165) is 5.56 Å². The number of aliphatic hydroxyl groups excluding tert-OH is 1. The van der Waals surface area contributed by atoms with Gasteiger partial charge in [0, 0.05) is 30.8 Å². The first kappa shape index (κ1) is 65.0. The number of benzene rings is 2. The Bertz CT molecular complexity index is 2820. The van der Waals surface area contributed by atoms with Crippen LogP contribution in [0.25, 0.3) is 11.0 Å². The highest BCUT2D eigenvalue weighted by atomic mass is 35.5. The number of esters is 1. The molecular formula is C47H63ClF3N9O19P2. The summed E-state index contributed by atoms with van der Waals surface area (Å²) >= 11 is 6.25. The Morgan fingerprint density at radius 1 is 0.778 bits per heavy atom. The average Bonchev–Trinajstić information content (AvgIpc) is 4.27. The van der Waals surface area contributed by atoms with Crippen LogP contribution in [0.4, 0.5) is 24.7 Å². The summed E-state index contributed by atoms with van der Waals surface area (Å²) in [5.74, 6) is -6.91. The molecule has 81 heavy (non-hydrogen) atoms. The van der Waals surface area contributed by atoms with E-state index in [1.807, 2.05) is 12.1 Å². The molecule has 4 atom stereocenters. The molecule has 1 fully saturated rings. The fourth-order valence-corrected chi connectivity index (χ4v) is 10.0. The number of halogens is 4. The summed E-state index contributed by atoms with van der Waals surface area (Å²) in [6.45, 7) is 4.82. The molecule has 0 aliphatic carbocycles. The average molecular weight is 1210 g/mol. The molecule has 1 aliphatic heterocycles. The minimum absolute atomic E-state index is 0.0364. The topological polar surface area (TPSA) is 349 Å². The van der Waals surface area contributed by atoms with E-state index >= 15 is 0 Å². The Morgan fingerprint density at radius 3 is 1.98 bits per heavy atom. The zero-order chi connectivity index (χ0) is 58.0. The SMILES string of the molecule is O=C(CCOCCOCCOCCOCc1cn(CCOCCOCCOCCOCCC(=O)Oc2c(F)cc(F)cc2F)nn1)Nc1ccc(CNc2nc(Cl)nc3c2cnn3[C@@H]2O[C@H](COP(=O)(O)CP(=O)(O)O)C[C@H]2O)cc1. The van der Waals surface area contributed by atoms with Gasteiger partial charge in [0.15, 0.2) is 29.4 Å². The summed E-state index contributed by atoms with van der Waals surface area (Å²) < 4.78 is 125. The van der Waals surface area contributed by atoms with Crippen molar-refractivity contribution in [3.8, 4) is 5.75 Å². The first-order valence-corrected chi connectivity index (χ1v) is 29.1. The maximum atomic E-state index is 13.6. The first-order chi connectivity index (χ1) is 38.9. The van der Waals surface area contributed by atoms with Crippen LogP contribution in [0.5, 0.6) is 5.75 Å². The predicted octanol–water partition coefficient (Wildman–Crippen LogP) is 3.74. The van der Waals surface area contributed by atoms with Crippen LogP contribution in [0.3, 0.4) is 0 Å². The molecule has 2 aromatic carbocycles. The summed E-state index contributed by atoms with van der Waals surface area (Å²) in [4.78, 5) is 60.6. The molecule has 1 aliphatic rings. The number of hydrogen-bond acceptors (Lipinski definition) is 22. The third-order valence-electron chi connectivity index (χ3n) is 11.0. The van der Waals surface area contributed by atoms with Crippen molar-refractivity contribution in [2.45, 2.75) is 57.4 Å². The molecule has 0 radical (unpaired) electrons. The van der Waals surface area contributed by atoms with Crippen LogP contribution in [0.2, 0.25) is 5.28 Å². The van der Waals surface area contributed by atoms with E-state index in [1.165, 1.54) is 10.9 Å². The van der Waals surface area contributed by atoms with Crippen molar-refractivity contribution < 1.29 is 104 Å². The zero-order valence-electron chi connectivity index (χ0n) is 43.6. The van der Waals surface area contributed by atoms with Crippen molar-refractivity contribution in [3.63, 3.8) is 0 Å². The van der Waals surface area contributed by atoms with Gasteiger partial charge >= 0.3 is 21.2 Å². The molecule has 0 spiro atoms. The number of amides is 1. The second-order valence-corrected chi connectivity index (χ2v) is 21.8. The number of anilines is 2. The lowest BCUT2D eigenvalue weighted by Gasteiger charge is -2.18. The summed E-state index contributed by atoms with van der Waals surface area (Å²) in [7, 11) is -9.45. The van der Waals surface area contributed by atoms with E-state index in [9.17, 15) is 41.9 Å². The molecule has 1 unspecified atom stereocenters.